The van der Waals surface area contributed by atoms with Crippen molar-refractivity contribution in [2.24, 2.45) is 0 Å². The second-order valence-corrected chi connectivity index (χ2v) is 7.81. The molecule has 0 spiro atoms. The Morgan fingerprint density at radius 3 is 2.54 bits per heavy atom. The standard InChI is InChI=1S/C20H26N4O3.ClH/c1-23(15-10-13-6-7-14(11-15)21-13)19(26)8-9-20(27)24-12-18(25)22-16-4-2-3-5-17(16)24;/h2-5,13-15,21H,6-12H2,1H3,(H,22,25);1H. The number of fused-ring (bicyclic) bond motifs is 3. The van der Waals surface area contributed by atoms with E-state index in [4.69, 9.17) is 0 Å². The first kappa shape index (κ1) is 20.6. The molecular weight excluding hydrogens is 380 g/mol. The van der Waals surface area contributed by atoms with Crippen molar-refractivity contribution in [2.75, 3.05) is 23.8 Å². The number of anilines is 2. The maximum atomic E-state index is 12.7. The first-order valence-electron chi connectivity index (χ1n) is 9.72. The molecule has 2 unspecified atom stereocenters. The van der Waals surface area contributed by atoms with E-state index >= 15 is 0 Å². The summed E-state index contributed by atoms with van der Waals surface area (Å²) in [6.45, 7) is -0.00245. The van der Waals surface area contributed by atoms with Gasteiger partial charge in [-0.1, -0.05) is 12.1 Å². The molecule has 0 radical (unpaired) electrons. The van der Waals surface area contributed by atoms with Gasteiger partial charge >= 0.3 is 0 Å². The average Bonchev–Trinajstić information content (AvgIpc) is 3.02. The van der Waals surface area contributed by atoms with Crippen molar-refractivity contribution < 1.29 is 14.4 Å². The van der Waals surface area contributed by atoms with E-state index in [2.05, 4.69) is 10.6 Å². The zero-order valence-electron chi connectivity index (χ0n) is 16.0. The second-order valence-electron chi connectivity index (χ2n) is 7.81. The van der Waals surface area contributed by atoms with Gasteiger partial charge in [0, 0.05) is 38.0 Å². The minimum absolute atomic E-state index is 0. The van der Waals surface area contributed by atoms with E-state index < -0.39 is 0 Å². The quantitative estimate of drug-likeness (QED) is 0.800. The summed E-state index contributed by atoms with van der Waals surface area (Å²) in [5.74, 6) is -0.399. The molecule has 0 aliphatic carbocycles. The van der Waals surface area contributed by atoms with Gasteiger partial charge in [-0.25, -0.2) is 0 Å². The molecule has 1 aromatic rings. The van der Waals surface area contributed by atoms with E-state index in [9.17, 15) is 14.4 Å². The van der Waals surface area contributed by atoms with Gasteiger partial charge in [0.25, 0.3) is 0 Å². The Balaban J connectivity index is 0.00000225. The molecule has 4 rings (SSSR count). The predicted molar refractivity (Wildman–Crippen MR) is 110 cm³/mol. The molecule has 152 valence electrons. The largest absolute Gasteiger partial charge is 0.343 e. The lowest BCUT2D eigenvalue weighted by atomic mass is 9.98. The topological polar surface area (TPSA) is 81.8 Å². The van der Waals surface area contributed by atoms with Gasteiger partial charge in [0.2, 0.25) is 17.7 Å². The minimum atomic E-state index is -0.212. The van der Waals surface area contributed by atoms with Gasteiger partial charge in [0.1, 0.15) is 6.54 Å². The molecule has 3 aliphatic heterocycles. The van der Waals surface area contributed by atoms with E-state index in [0.29, 0.717) is 23.5 Å². The van der Waals surface area contributed by atoms with Crippen molar-refractivity contribution in [1.29, 1.82) is 0 Å². The Morgan fingerprint density at radius 1 is 1.14 bits per heavy atom. The Kier molecular flexibility index (Phi) is 6.25. The number of piperidine rings is 1. The Bertz CT molecular complexity index is 760. The Labute approximate surface area is 171 Å². The lowest BCUT2D eigenvalue weighted by molar-refractivity contribution is -0.134. The van der Waals surface area contributed by atoms with Crippen LogP contribution < -0.4 is 15.5 Å². The average molecular weight is 407 g/mol. The Morgan fingerprint density at radius 2 is 1.82 bits per heavy atom. The van der Waals surface area contributed by atoms with Crippen molar-refractivity contribution >= 4 is 41.5 Å². The van der Waals surface area contributed by atoms with Crippen molar-refractivity contribution in [2.45, 2.75) is 56.7 Å². The number of nitrogens with one attached hydrogen (secondary N) is 2. The van der Waals surface area contributed by atoms with E-state index in [1.807, 2.05) is 30.1 Å². The van der Waals surface area contributed by atoms with Gasteiger partial charge in [-0.3, -0.25) is 14.4 Å². The van der Waals surface area contributed by atoms with Gasteiger partial charge in [0.05, 0.1) is 11.4 Å². The van der Waals surface area contributed by atoms with Crippen molar-refractivity contribution in [3.63, 3.8) is 0 Å². The number of rotatable bonds is 4. The lowest BCUT2D eigenvalue weighted by Crippen LogP contribution is -2.49. The number of amides is 3. The van der Waals surface area contributed by atoms with Crippen LogP contribution in [-0.2, 0) is 14.4 Å². The molecular formula is C20H27ClN4O3. The third kappa shape index (κ3) is 4.15. The summed E-state index contributed by atoms with van der Waals surface area (Å²) >= 11 is 0. The molecule has 2 fully saturated rings. The number of para-hydroxylation sites is 2. The molecule has 3 heterocycles. The van der Waals surface area contributed by atoms with Crippen molar-refractivity contribution in [3.05, 3.63) is 24.3 Å². The summed E-state index contributed by atoms with van der Waals surface area (Å²) in [6, 6.07) is 8.54. The van der Waals surface area contributed by atoms with Gasteiger partial charge in [0.15, 0.2) is 0 Å². The fourth-order valence-corrected chi connectivity index (χ4v) is 4.53. The molecule has 8 heteroatoms. The molecule has 3 amide bonds. The molecule has 1 aromatic carbocycles. The van der Waals surface area contributed by atoms with Gasteiger partial charge in [-0.15, -0.1) is 12.4 Å². The number of hydrogen-bond donors (Lipinski definition) is 2. The zero-order chi connectivity index (χ0) is 19.0. The van der Waals surface area contributed by atoms with Crippen LogP contribution in [0.2, 0.25) is 0 Å². The normalized spacial score (nSPS) is 25.4. The molecule has 2 saturated heterocycles. The highest BCUT2D eigenvalue weighted by molar-refractivity contribution is 6.10. The van der Waals surface area contributed by atoms with Crippen LogP contribution in [0.4, 0.5) is 11.4 Å². The minimum Gasteiger partial charge on any atom is -0.343 e. The van der Waals surface area contributed by atoms with Crippen molar-refractivity contribution in [1.82, 2.24) is 10.2 Å². The monoisotopic (exact) mass is 406 g/mol. The SMILES string of the molecule is CN(C(=O)CCC(=O)N1CC(=O)Nc2ccccc21)C1CC2CCC(C1)N2.Cl. The summed E-state index contributed by atoms with van der Waals surface area (Å²) in [5, 5.41) is 6.36. The molecule has 2 atom stereocenters. The first-order chi connectivity index (χ1) is 13.0. The van der Waals surface area contributed by atoms with E-state index in [-0.39, 0.29) is 55.6 Å². The fraction of sp³-hybridized carbons (Fsp3) is 0.550. The molecule has 3 aliphatic rings. The number of halogens is 1. The van der Waals surface area contributed by atoms with E-state index in [0.717, 1.165) is 12.8 Å². The highest BCUT2D eigenvalue weighted by Gasteiger charge is 2.36. The van der Waals surface area contributed by atoms with Crippen LogP contribution in [0.1, 0.15) is 38.5 Å². The zero-order valence-corrected chi connectivity index (χ0v) is 16.8. The molecule has 2 bridgehead atoms. The molecule has 0 saturated carbocycles. The number of nitrogens with zero attached hydrogens (tertiary/aromatic N) is 2. The summed E-state index contributed by atoms with van der Waals surface area (Å²) in [7, 11) is 1.85. The van der Waals surface area contributed by atoms with Gasteiger partial charge in [-0.2, -0.15) is 0 Å². The van der Waals surface area contributed by atoms with Crippen LogP contribution in [-0.4, -0.2) is 54.3 Å². The summed E-state index contributed by atoms with van der Waals surface area (Å²) in [4.78, 5) is 40.5. The lowest BCUT2D eigenvalue weighted by Gasteiger charge is -2.35. The highest BCUT2D eigenvalue weighted by atomic mass is 35.5. The van der Waals surface area contributed by atoms with Gasteiger partial charge < -0.3 is 20.4 Å². The van der Waals surface area contributed by atoms with Crippen LogP contribution >= 0.6 is 12.4 Å². The first-order valence-corrected chi connectivity index (χ1v) is 9.72. The number of benzene rings is 1. The number of carbonyl (C=O) groups is 3. The van der Waals surface area contributed by atoms with Crippen LogP contribution in [0.25, 0.3) is 0 Å². The maximum absolute atomic E-state index is 12.7. The fourth-order valence-electron chi connectivity index (χ4n) is 4.53. The molecule has 7 nitrogen and oxygen atoms in total. The van der Waals surface area contributed by atoms with E-state index in [1.165, 1.54) is 17.7 Å². The second kappa shape index (κ2) is 8.49. The molecule has 28 heavy (non-hydrogen) atoms. The summed E-state index contributed by atoms with van der Waals surface area (Å²) in [5.41, 5.74) is 1.33. The molecule has 0 aromatic heterocycles. The van der Waals surface area contributed by atoms with E-state index in [1.54, 1.807) is 6.07 Å². The number of hydrogen-bond acceptors (Lipinski definition) is 4. The van der Waals surface area contributed by atoms with Crippen LogP contribution in [0.5, 0.6) is 0 Å². The summed E-state index contributed by atoms with van der Waals surface area (Å²) in [6.07, 6.45) is 4.66. The smallest absolute Gasteiger partial charge is 0.244 e. The number of carbonyl (C=O) groups excluding carboxylic acids is 3. The molecule has 2 N–H and O–H groups in total. The van der Waals surface area contributed by atoms with Crippen LogP contribution in [0.15, 0.2) is 24.3 Å². The Hall–Kier alpha value is -2.12. The third-order valence-electron chi connectivity index (χ3n) is 6.01. The summed E-state index contributed by atoms with van der Waals surface area (Å²) < 4.78 is 0. The van der Waals surface area contributed by atoms with Gasteiger partial charge in [-0.05, 0) is 37.8 Å². The van der Waals surface area contributed by atoms with Crippen LogP contribution in [0.3, 0.4) is 0 Å². The highest BCUT2D eigenvalue weighted by Crippen LogP contribution is 2.31. The maximum Gasteiger partial charge on any atom is 0.244 e. The third-order valence-corrected chi connectivity index (χ3v) is 6.01. The van der Waals surface area contributed by atoms with Crippen LogP contribution in [0, 0.1) is 0 Å². The van der Waals surface area contributed by atoms with Crippen molar-refractivity contribution in [3.8, 4) is 0 Å². The predicted octanol–water partition coefficient (Wildman–Crippen LogP) is 1.92.